The van der Waals surface area contributed by atoms with E-state index in [0.29, 0.717) is 0 Å². The molecule has 2 saturated carbocycles. The molecule has 0 saturated heterocycles. The molecule has 0 radical (unpaired) electrons. The molecule has 4 heteroatoms. The molecule has 0 heterocycles. The second kappa shape index (κ2) is 5.78. The molecule has 2 aliphatic carbocycles. The number of anilines is 2. The van der Waals surface area contributed by atoms with Crippen molar-refractivity contribution >= 4 is 23.2 Å². The van der Waals surface area contributed by atoms with Crippen LogP contribution in [0.3, 0.4) is 0 Å². The molecule has 2 aromatic carbocycles. The molecular formula is C20H20N2O2. The molecule has 4 rings (SSSR count). The van der Waals surface area contributed by atoms with Crippen molar-refractivity contribution in [3.8, 4) is 0 Å². The van der Waals surface area contributed by atoms with Gasteiger partial charge in [-0.05, 0) is 55.5 Å². The van der Waals surface area contributed by atoms with Crippen molar-refractivity contribution in [1.29, 1.82) is 0 Å². The Bertz CT molecular complexity index is 760. The molecule has 0 atom stereocenters. The van der Waals surface area contributed by atoms with E-state index in [0.717, 1.165) is 42.6 Å². The van der Waals surface area contributed by atoms with E-state index in [1.54, 1.807) is 0 Å². The molecule has 2 N–H and O–H groups in total. The number of hydrogen-bond donors (Lipinski definition) is 2. The van der Waals surface area contributed by atoms with Gasteiger partial charge in [0.05, 0.1) is 5.41 Å². The van der Waals surface area contributed by atoms with Gasteiger partial charge < -0.3 is 10.6 Å². The van der Waals surface area contributed by atoms with Crippen LogP contribution in [0.25, 0.3) is 0 Å². The molecule has 0 aliphatic heterocycles. The van der Waals surface area contributed by atoms with E-state index in [4.69, 9.17) is 0 Å². The zero-order valence-electron chi connectivity index (χ0n) is 13.4. The molecule has 0 unspecified atom stereocenters. The van der Waals surface area contributed by atoms with E-state index in [9.17, 15) is 9.59 Å². The van der Waals surface area contributed by atoms with Gasteiger partial charge in [0.25, 0.3) is 0 Å². The van der Waals surface area contributed by atoms with Crippen LogP contribution in [-0.4, -0.2) is 11.8 Å². The lowest BCUT2D eigenvalue weighted by molar-refractivity contribution is -0.118. The molecule has 4 nitrogen and oxygen atoms in total. The van der Waals surface area contributed by atoms with Gasteiger partial charge in [0.1, 0.15) is 0 Å². The summed E-state index contributed by atoms with van der Waals surface area (Å²) in [5, 5.41) is 5.91. The largest absolute Gasteiger partial charge is 0.326 e. The highest BCUT2D eigenvalue weighted by Gasteiger charge is 2.51. The molecule has 2 aromatic rings. The van der Waals surface area contributed by atoms with Gasteiger partial charge in [-0.2, -0.15) is 0 Å². The maximum atomic E-state index is 12.7. The van der Waals surface area contributed by atoms with Gasteiger partial charge in [0, 0.05) is 17.3 Å². The Balaban J connectivity index is 1.42. The van der Waals surface area contributed by atoms with Crippen molar-refractivity contribution in [2.45, 2.75) is 31.1 Å². The number of hydrogen-bond acceptors (Lipinski definition) is 2. The van der Waals surface area contributed by atoms with E-state index < -0.39 is 0 Å². The first-order valence-corrected chi connectivity index (χ1v) is 8.45. The summed E-state index contributed by atoms with van der Waals surface area (Å²) < 4.78 is 0. The van der Waals surface area contributed by atoms with Crippen molar-refractivity contribution in [1.82, 2.24) is 0 Å². The maximum absolute atomic E-state index is 12.7. The number of carbonyl (C=O) groups excluding carboxylic acids is 2. The smallest absolute Gasteiger partial charge is 0.235 e. The SMILES string of the molecule is O=C(Nc1ccc(NC(=O)C2(c3ccccc3)CC2)cc1)C1CC1. The maximum Gasteiger partial charge on any atom is 0.235 e. The van der Waals surface area contributed by atoms with Gasteiger partial charge in [-0.3, -0.25) is 9.59 Å². The van der Waals surface area contributed by atoms with Crippen LogP contribution in [0.4, 0.5) is 11.4 Å². The minimum absolute atomic E-state index is 0.0449. The second-order valence-corrected chi connectivity index (χ2v) is 6.74. The highest BCUT2D eigenvalue weighted by atomic mass is 16.2. The van der Waals surface area contributed by atoms with E-state index in [2.05, 4.69) is 10.6 Å². The number of rotatable bonds is 5. The summed E-state index contributed by atoms with van der Waals surface area (Å²) in [6.45, 7) is 0. The van der Waals surface area contributed by atoms with Gasteiger partial charge in [-0.15, -0.1) is 0 Å². The summed E-state index contributed by atoms with van der Waals surface area (Å²) in [6.07, 6.45) is 3.75. The Morgan fingerprint density at radius 2 is 1.42 bits per heavy atom. The molecule has 24 heavy (non-hydrogen) atoms. The summed E-state index contributed by atoms with van der Waals surface area (Å²) in [7, 11) is 0. The third-order valence-corrected chi connectivity index (χ3v) is 4.87. The Hall–Kier alpha value is -2.62. The van der Waals surface area contributed by atoms with Gasteiger partial charge >= 0.3 is 0 Å². The minimum Gasteiger partial charge on any atom is -0.326 e. The van der Waals surface area contributed by atoms with Crippen molar-refractivity contribution in [2.75, 3.05) is 10.6 Å². The average molecular weight is 320 g/mol. The summed E-state index contributed by atoms with van der Waals surface area (Å²) in [4.78, 5) is 24.4. The quantitative estimate of drug-likeness (QED) is 0.882. The average Bonchev–Trinajstić information content (AvgIpc) is 3.50. The Labute approximate surface area is 141 Å². The Morgan fingerprint density at radius 1 is 0.833 bits per heavy atom. The predicted molar refractivity (Wildman–Crippen MR) is 93.8 cm³/mol. The third-order valence-electron chi connectivity index (χ3n) is 4.87. The number of benzene rings is 2. The summed E-state index contributed by atoms with van der Waals surface area (Å²) >= 11 is 0. The van der Waals surface area contributed by atoms with Gasteiger partial charge in [-0.25, -0.2) is 0 Å². The van der Waals surface area contributed by atoms with Crippen molar-refractivity contribution < 1.29 is 9.59 Å². The first kappa shape index (κ1) is 14.9. The molecule has 2 fully saturated rings. The van der Waals surface area contributed by atoms with Crippen LogP contribution in [0.2, 0.25) is 0 Å². The standard InChI is InChI=1S/C20H20N2O2/c23-18(14-6-7-14)21-16-8-10-17(11-9-16)22-19(24)20(12-13-20)15-4-2-1-3-5-15/h1-5,8-11,14H,6-7,12-13H2,(H,21,23)(H,22,24). The fourth-order valence-corrected chi connectivity index (χ4v) is 3.01. The number of carbonyl (C=O) groups is 2. The van der Waals surface area contributed by atoms with Crippen LogP contribution in [0.1, 0.15) is 31.2 Å². The van der Waals surface area contributed by atoms with Crippen LogP contribution >= 0.6 is 0 Å². The summed E-state index contributed by atoms with van der Waals surface area (Å²) in [5.74, 6) is 0.321. The normalized spacial score (nSPS) is 17.8. The highest BCUT2D eigenvalue weighted by molar-refractivity contribution is 6.01. The number of amides is 2. The predicted octanol–water partition coefficient (Wildman–Crippen LogP) is 3.71. The monoisotopic (exact) mass is 320 g/mol. The second-order valence-electron chi connectivity index (χ2n) is 6.74. The van der Waals surface area contributed by atoms with E-state index in [1.165, 1.54) is 0 Å². The van der Waals surface area contributed by atoms with Crippen LogP contribution in [0.5, 0.6) is 0 Å². The number of nitrogens with one attached hydrogen (secondary N) is 2. The zero-order valence-corrected chi connectivity index (χ0v) is 13.4. The van der Waals surface area contributed by atoms with Gasteiger partial charge in [0.2, 0.25) is 11.8 Å². The highest BCUT2D eigenvalue weighted by Crippen LogP contribution is 2.48. The molecule has 2 amide bonds. The minimum atomic E-state index is -0.375. The molecule has 0 spiro atoms. The van der Waals surface area contributed by atoms with E-state index in [1.807, 2.05) is 54.6 Å². The zero-order chi connectivity index (χ0) is 16.6. The molecule has 2 aliphatic rings. The van der Waals surface area contributed by atoms with E-state index in [-0.39, 0.29) is 23.1 Å². The Kier molecular flexibility index (Phi) is 3.60. The lowest BCUT2D eigenvalue weighted by Crippen LogP contribution is -2.27. The van der Waals surface area contributed by atoms with Gasteiger partial charge in [-0.1, -0.05) is 30.3 Å². The van der Waals surface area contributed by atoms with E-state index >= 15 is 0 Å². The van der Waals surface area contributed by atoms with Crippen LogP contribution in [0, 0.1) is 5.92 Å². The van der Waals surface area contributed by atoms with Crippen molar-refractivity contribution in [3.05, 3.63) is 60.2 Å². The molecular weight excluding hydrogens is 300 g/mol. The Morgan fingerprint density at radius 3 is 1.96 bits per heavy atom. The van der Waals surface area contributed by atoms with Crippen LogP contribution < -0.4 is 10.6 Å². The lowest BCUT2D eigenvalue weighted by atomic mass is 9.95. The van der Waals surface area contributed by atoms with Crippen molar-refractivity contribution in [3.63, 3.8) is 0 Å². The fraction of sp³-hybridized carbons (Fsp3) is 0.300. The molecule has 0 bridgehead atoms. The first-order chi connectivity index (χ1) is 11.7. The fourth-order valence-electron chi connectivity index (χ4n) is 3.01. The molecule has 0 aromatic heterocycles. The summed E-state index contributed by atoms with van der Waals surface area (Å²) in [5.41, 5.74) is 2.23. The lowest BCUT2D eigenvalue weighted by Gasteiger charge is -2.16. The van der Waals surface area contributed by atoms with Crippen LogP contribution in [-0.2, 0) is 15.0 Å². The third kappa shape index (κ3) is 2.92. The topological polar surface area (TPSA) is 58.2 Å². The summed E-state index contributed by atoms with van der Waals surface area (Å²) in [6, 6.07) is 17.3. The molecule has 122 valence electrons. The van der Waals surface area contributed by atoms with Crippen LogP contribution in [0.15, 0.2) is 54.6 Å². The van der Waals surface area contributed by atoms with Gasteiger partial charge in [0.15, 0.2) is 0 Å². The van der Waals surface area contributed by atoms with Crippen molar-refractivity contribution in [2.24, 2.45) is 5.92 Å². The first-order valence-electron chi connectivity index (χ1n) is 8.45.